The van der Waals surface area contributed by atoms with Gasteiger partial charge in [-0.05, 0) is 37.0 Å². The smallest absolute Gasteiger partial charge is 0.313 e. The maximum atomic E-state index is 12.4. The normalized spacial score (nSPS) is 16.4. The van der Waals surface area contributed by atoms with E-state index in [1.165, 1.54) is 11.8 Å². The van der Waals surface area contributed by atoms with Gasteiger partial charge in [-0.25, -0.2) is 8.42 Å². The molecule has 0 heterocycles. The molecule has 0 unspecified atom stereocenters. The molecule has 0 spiro atoms. The van der Waals surface area contributed by atoms with E-state index in [1.807, 2.05) is 6.07 Å². The molecule has 0 saturated heterocycles. The lowest BCUT2D eigenvalue weighted by molar-refractivity contribution is -0.133. The molecule has 1 aromatic rings. The van der Waals surface area contributed by atoms with Crippen molar-refractivity contribution in [3.8, 4) is 0 Å². The predicted octanol–water partition coefficient (Wildman–Crippen LogP) is 1.91. The Morgan fingerprint density at radius 2 is 2.04 bits per heavy atom. The van der Waals surface area contributed by atoms with Crippen LogP contribution in [0, 0.1) is 0 Å². The Morgan fingerprint density at radius 3 is 2.57 bits per heavy atom. The lowest BCUT2D eigenvalue weighted by Crippen LogP contribution is -2.54. The van der Waals surface area contributed by atoms with Crippen molar-refractivity contribution in [2.75, 3.05) is 17.3 Å². The van der Waals surface area contributed by atoms with Crippen LogP contribution in [-0.2, 0) is 25.2 Å². The standard InChI is InChI=1S/C15H19NO5S2/c1-23(20,21)15(6-3-7-15)14(19)16-12-5-2-4-11(8-12)9-22-10-13(17)18/h2,4-5,8H,3,6-7,9-10H2,1H3,(H,16,19)(H,17,18). The van der Waals surface area contributed by atoms with Crippen molar-refractivity contribution < 1.29 is 23.1 Å². The van der Waals surface area contributed by atoms with Gasteiger partial charge in [0.15, 0.2) is 14.6 Å². The summed E-state index contributed by atoms with van der Waals surface area (Å²) in [4.78, 5) is 22.9. The molecule has 1 aromatic carbocycles. The summed E-state index contributed by atoms with van der Waals surface area (Å²) in [6.45, 7) is 0. The van der Waals surface area contributed by atoms with E-state index < -0.39 is 26.5 Å². The third-order valence-corrected chi connectivity index (χ3v) is 6.97. The highest BCUT2D eigenvalue weighted by Crippen LogP contribution is 2.40. The third kappa shape index (κ3) is 4.06. The first-order valence-corrected chi connectivity index (χ1v) is 10.2. The van der Waals surface area contributed by atoms with Gasteiger partial charge in [-0.1, -0.05) is 12.1 Å². The van der Waals surface area contributed by atoms with E-state index in [0.717, 1.165) is 18.2 Å². The summed E-state index contributed by atoms with van der Waals surface area (Å²) in [5, 5.41) is 11.3. The second-order valence-electron chi connectivity index (χ2n) is 5.66. The van der Waals surface area contributed by atoms with Gasteiger partial charge in [0, 0.05) is 17.7 Å². The summed E-state index contributed by atoms with van der Waals surface area (Å²) in [5.74, 6) is -0.845. The number of anilines is 1. The number of nitrogens with one attached hydrogen (secondary N) is 1. The summed E-state index contributed by atoms with van der Waals surface area (Å²) in [5.41, 5.74) is 1.40. The van der Waals surface area contributed by atoms with Crippen molar-refractivity contribution in [2.24, 2.45) is 0 Å². The number of carbonyl (C=O) groups is 2. The number of sulfone groups is 1. The zero-order valence-electron chi connectivity index (χ0n) is 12.7. The average molecular weight is 357 g/mol. The highest BCUT2D eigenvalue weighted by Gasteiger charge is 2.52. The summed E-state index contributed by atoms with van der Waals surface area (Å²) < 4.78 is 22.5. The minimum Gasteiger partial charge on any atom is -0.481 e. The fraction of sp³-hybridized carbons (Fsp3) is 0.467. The van der Waals surface area contributed by atoms with Crippen LogP contribution in [0.25, 0.3) is 0 Å². The molecule has 6 nitrogen and oxygen atoms in total. The van der Waals surface area contributed by atoms with Crippen molar-refractivity contribution in [2.45, 2.75) is 29.8 Å². The van der Waals surface area contributed by atoms with Crippen LogP contribution in [0.15, 0.2) is 24.3 Å². The molecule has 1 aliphatic rings. The molecule has 8 heteroatoms. The monoisotopic (exact) mass is 357 g/mol. The second-order valence-corrected chi connectivity index (χ2v) is 8.97. The number of carbonyl (C=O) groups excluding carboxylic acids is 1. The molecule has 0 aliphatic heterocycles. The fourth-order valence-electron chi connectivity index (χ4n) is 2.50. The average Bonchev–Trinajstić information content (AvgIpc) is 2.35. The number of amides is 1. The molecule has 1 aliphatic carbocycles. The van der Waals surface area contributed by atoms with Crippen LogP contribution in [0.1, 0.15) is 24.8 Å². The van der Waals surface area contributed by atoms with Crippen LogP contribution >= 0.6 is 11.8 Å². The zero-order valence-corrected chi connectivity index (χ0v) is 14.4. The first-order chi connectivity index (χ1) is 10.7. The third-order valence-electron chi connectivity index (χ3n) is 3.96. The van der Waals surface area contributed by atoms with Crippen molar-refractivity contribution in [1.82, 2.24) is 0 Å². The molecule has 2 N–H and O–H groups in total. The number of hydrogen-bond acceptors (Lipinski definition) is 5. The highest BCUT2D eigenvalue weighted by molar-refractivity contribution is 7.99. The minimum absolute atomic E-state index is 0.00771. The van der Waals surface area contributed by atoms with Gasteiger partial charge < -0.3 is 10.4 Å². The molecular weight excluding hydrogens is 338 g/mol. The fourth-order valence-corrected chi connectivity index (χ4v) is 4.61. The summed E-state index contributed by atoms with van der Waals surface area (Å²) in [6.07, 6.45) is 2.54. The Bertz CT molecular complexity index is 710. The maximum absolute atomic E-state index is 12.4. The van der Waals surface area contributed by atoms with E-state index in [0.29, 0.717) is 24.3 Å². The van der Waals surface area contributed by atoms with Gasteiger partial charge >= 0.3 is 5.97 Å². The molecule has 0 atom stereocenters. The first-order valence-electron chi connectivity index (χ1n) is 7.14. The molecule has 0 radical (unpaired) electrons. The van der Waals surface area contributed by atoms with E-state index in [2.05, 4.69) is 5.32 Å². The largest absolute Gasteiger partial charge is 0.481 e. The molecule has 0 bridgehead atoms. The number of rotatable bonds is 7. The molecular formula is C15H19NO5S2. The van der Waals surface area contributed by atoms with Crippen LogP contribution in [0.3, 0.4) is 0 Å². The Balaban J connectivity index is 2.05. The van der Waals surface area contributed by atoms with Crippen LogP contribution in [0.4, 0.5) is 5.69 Å². The quantitative estimate of drug-likeness (QED) is 0.773. The summed E-state index contributed by atoms with van der Waals surface area (Å²) in [7, 11) is -3.46. The van der Waals surface area contributed by atoms with Gasteiger partial charge in [0.2, 0.25) is 5.91 Å². The van der Waals surface area contributed by atoms with Gasteiger partial charge in [-0.15, -0.1) is 11.8 Å². The maximum Gasteiger partial charge on any atom is 0.313 e. The first kappa shape index (κ1) is 17.8. The van der Waals surface area contributed by atoms with Gasteiger partial charge in [0.1, 0.15) is 0 Å². The van der Waals surface area contributed by atoms with Crippen LogP contribution in [0.5, 0.6) is 0 Å². The second kappa shape index (κ2) is 6.92. The molecule has 1 saturated carbocycles. The van der Waals surface area contributed by atoms with Crippen LogP contribution in [-0.4, -0.2) is 42.2 Å². The van der Waals surface area contributed by atoms with Crippen LogP contribution in [0.2, 0.25) is 0 Å². The summed E-state index contributed by atoms with van der Waals surface area (Å²) >= 11 is 1.26. The number of carboxylic acid groups (broad SMARTS) is 1. The Labute approximate surface area is 139 Å². The van der Waals surface area contributed by atoms with E-state index in [1.54, 1.807) is 18.2 Å². The van der Waals surface area contributed by atoms with E-state index in [9.17, 15) is 18.0 Å². The number of hydrogen-bond donors (Lipinski definition) is 2. The number of carboxylic acids is 1. The topological polar surface area (TPSA) is 101 Å². The summed E-state index contributed by atoms with van der Waals surface area (Å²) in [6, 6.07) is 7.01. The molecule has 0 aromatic heterocycles. The Kier molecular flexibility index (Phi) is 5.36. The Hall–Kier alpha value is -1.54. The number of thioether (sulfide) groups is 1. The predicted molar refractivity (Wildman–Crippen MR) is 90.3 cm³/mol. The SMILES string of the molecule is CS(=O)(=O)C1(C(=O)Nc2cccc(CSCC(=O)O)c2)CCC1. The van der Waals surface area contributed by atoms with E-state index in [-0.39, 0.29) is 5.75 Å². The molecule has 23 heavy (non-hydrogen) atoms. The lowest BCUT2D eigenvalue weighted by Gasteiger charge is -2.38. The van der Waals surface area contributed by atoms with Crippen molar-refractivity contribution in [3.63, 3.8) is 0 Å². The van der Waals surface area contributed by atoms with Crippen molar-refractivity contribution in [1.29, 1.82) is 0 Å². The highest BCUT2D eigenvalue weighted by atomic mass is 32.2. The number of benzene rings is 1. The molecule has 2 rings (SSSR count). The van der Waals surface area contributed by atoms with E-state index in [4.69, 9.17) is 5.11 Å². The van der Waals surface area contributed by atoms with Gasteiger partial charge in [-0.2, -0.15) is 0 Å². The minimum atomic E-state index is -3.46. The zero-order chi connectivity index (χ0) is 17.1. The molecule has 1 fully saturated rings. The Morgan fingerprint density at radius 1 is 1.35 bits per heavy atom. The lowest BCUT2D eigenvalue weighted by atomic mass is 9.83. The van der Waals surface area contributed by atoms with E-state index >= 15 is 0 Å². The van der Waals surface area contributed by atoms with Gasteiger partial charge in [0.05, 0.1) is 5.75 Å². The molecule has 126 valence electrons. The number of aliphatic carboxylic acids is 1. The van der Waals surface area contributed by atoms with Gasteiger partial charge in [0.25, 0.3) is 0 Å². The van der Waals surface area contributed by atoms with Gasteiger partial charge in [-0.3, -0.25) is 9.59 Å². The van der Waals surface area contributed by atoms with Crippen molar-refractivity contribution >= 4 is 39.2 Å². The van der Waals surface area contributed by atoms with Crippen LogP contribution < -0.4 is 5.32 Å². The molecule has 1 amide bonds. The van der Waals surface area contributed by atoms with Crippen molar-refractivity contribution in [3.05, 3.63) is 29.8 Å².